The van der Waals surface area contributed by atoms with E-state index in [0.29, 0.717) is 17.1 Å². The molecule has 0 saturated carbocycles. The molecule has 0 unspecified atom stereocenters. The lowest BCUT2D eigenvalue weighted by Gasteiger charge is -2.19. The summed E-state index contributed by atoms with van der Waals surface area (Å²) in [5.41, 5.74) is 0.430. The topological polar surface area (TPSA) is 98.6 Å². The number of phenols is 1. The number of phenolic OH excluding ortho intramolecular Hbond substituents is 1. The Balaban J connectivity index is 1.86. The highest BCUT2D eigenvalue weighted by atomic mass is 31.2. The van der Waals surface area contributed by atoms with Crippen molar-refractivity contribution in [1.82, 2.24) is 5.20 Å². The van der Waals surface area contributed by atoms with Crippen molar-refractivity contribution in [3.63, 3.8) is 0 Å². The Kier molecular flexibility index (Phi) is 6.83. The van der Waals surface area contributed by atoms with E-state index in [4.69, 9.17) is 18.5 Å². The van der Waals surface area contributed by atoms with Crippen molar-refractivity contribution in [2.75, 3.05) is 14.2 Å². The summed E-state index contributed by atoms with van der Waals surface area (Å²) in [4.78, 5) is 0. The first-order chi connectivity index (χ1) is 14.5. The summed E-state index contributed by atoms with van der Waals surface area (Å²) in [6.07, 6.45) is 1.31. The van der Waals surface area contributed by atoms with E-state index < -0.39 is 7.75 Å². The smallest absolute Gasteiger partial charge is 0.507 e. The van der Waals surface area contributed by atoms with Crippen molar-refractivity contribution in [2.45, 2.75) is 0 Å². The van der Waals surface area contributed by atoms with E-state index in [2.05, 4.69) is 10.3 Å². The van der Waals surface area contributed by atoms with Gasteiger partial charge in [0.25, 0.3) is 0 Å². The van der Waals surface area contributed by atoms with Gasteiger partial charge >= 0.3 is 7.75 Å². The Morgan fingerprint density at radius 3 is 1.90 bits per heavy atom. The summed E-state index contributed by atoms with van der Waals surface area (Å²) in [5, 5.41) is 16.2. The fourth-order valence-electron chi connectivity index (χ4n) is 2.42. The Hall–Kier alpha value is -3.64. The molecule has 0 aliphatic rings. The largest absolute Gasteiger partial charge is 0.557 e. The Morgan fingerprint density at radius 1 is 0.833 bits per heavy atom. The van der Waals surface area contributed by atoms with Gasteiger partial charge in [-0.2, -0.15) is 10.3 Å². The lowest BCUT2D eigenvalue weighted by Crippen LogP contribution is -2.14. The average molecular weight is 428 g/mol. The summed E-state index contributed by atoms with van der Waals surface area (Å²) in [6.45, 7) is 0. The van der Waals surface area contributed by atoms with Crippen molar-refractivity contribution >= 4 is 14.0 Å². The number of nitrogens with one attached hydrogen (secondary N) is 1. The fraction of sp³-hybridized carbons (Fsp3) is 0.0952. The fourth-order valence-corrected chi connectivity index (χ4v) is 3.52. The van der Waals surface area contributed by atoms with Crippen LogP contribution in [0, 0.1) is 0 Å². The quantitative estimate of drug-likeness (QED) is 0.292. The Labute approximate surface area is 174 Å². The van der Waals surface area contributed by atoms with Crippen molar-refractivity contribution < 1.29 is 28.2 Å². The van der Waals surface area contributed by atoms with Gasteiger partial charge in [0.05, 0.1) is 20.4 Å². The summed E-state index contributed by atoms with van der Waals surface area (Å²) < 4.78 is 35.0. The minimum absolute atomic E-state index is 0.0281. The lowest BCUT2D eigenvalue weighted by atomic mass is 10.2. The zero-order valence-electron chi connectivity index (χ0n) is 16.4. The van der Waals surface area contributed by atoms with Gasteiger partial charge in [-0.1, -0.05) is 24.3 Å². The van der Waals surface area contributed by atoms with E-state index in [9.17, 15) is 9.67 Å². The number of nitrogens with zero attached hydrogens (tertiary/aromatic N) is 1. The molecule has 9 heteroatoms. The number of ether oxygens (including phenoxy) is 2. The van der Waals surface area contributed by atoms with Crippen molar-refractivity contribution in [3.05, 3.63) is 78.4 Å². The van der Waals surface area contributed by atoms with Crippen LogP contribution < -0.4 is 23.7 Å². The molecule has 0 aliphatic carbocycles. The Morgan fingerprint density at radius 2 is 1.37 bits per heavy atom. The first-order valence-electron chi connectivity index (χ1n) is 8.87. The van der Waals surface area contributed by atoms with Gasteiger partial charge in [0.2, 0.25) is 0 Å². The highest BCUT2D eigenvalue weighted by molar-refractivity contribution is 7.52. The SMILES string of the molecule is COc1cccc(OP(=O)(N/N=C\c2ccccc2O)Oc2cccc(OC)c2)c1. The molecule has 0 saturated heterocycles. The van der Waals surface area contributed by atoms with Crippen LogP contribution in [0.2, 0.25) is 0 Å². The molecule has 3 aromatic carbocycles. The highest BCUT2D eigenvalue weighted by Gasteiger charge is 2.29. The molecule has 3 aromatic rings. The first-order valence-corrected chi connectivity index (χ1v) is 10.4. The molecule has 2 N–H and O–H groups in total. The number of aromatic hydroxyl groups is 1. The number of hydrogen-bond acceptors (Lipinski definition) is 7. The van der Waals surface area contributed by atoms with Gasteiger partial charge in [-0.3, -0.25) is 0 Å². The minimum Gasteiger partial charge on any atom is -0.507 e. The summed E-state index contributed by atoms with van der Waals surface area (Å²) in [5.74, 6) is 1.59. The predicted molar refractivity (Wildman–Crippen MR) is 114 cm³/mol. The van der Waals surface area contributed by atoms with Crippen LogP contribution in [0.5, 0.6) is 28.7 Å². The van der Waals surface area contributed by atoms with Gasteiger partial charge in [-0.25, -0.2) is 4.57 Å². The predicted octanol–water partition coefficient (Wildman–Crippen LogP) is 4.60. The molecule has 3 rings (SSSR count). The molecular formula is C21H21N2O6P. The number of para-hydroxylation sites is 1. The van der Waals surface area contributed by atoms with Gasteiger partial charge in [0.1, 0.15) is 28.7 Å². The van der Waals surface area contributed by atoms with Crippen LogP contribution in [0.1, 0.15) is 5.56 Å². The molecule has 0 radical (unpaired) electrons. The molecule has 0 aliphatic heterocycles. The Bertz CT molecular complexity index is 1020. The molecule has 0 amide bonds. The van der Waals surface area contributed by atoms with Crippen molar-refractivity contribution in [1.29, 1.82) is 0 Å². The third-order valence-electron chi connectivity index (χ3n) is 3.85. The molecule has 0 bridgehead atoms. The van der Waals surface area contributed by atoms with Crippen LogP contribution in [-0.2, 0) is 4.57 Å². The maximum Gasteiger partial charge on any atom is 0.557 e. The van der Waals surface area contributed by atoms with Gasteiger partial charge in [0.15, 0.2) is 0 Å². The third kappa shape index (κ3) is 5.68. The van der Waals surface area contributed by atoms with Crippen LogP contribution in [0.15, 0.2) is 77.9 Å². The van der Waals surface area contributed by atoms with Gasteiger partial charge in [0, 0.05) is 17.7 Å². The van der Waals surface area contributed by atoms with Gasteiger partial charge in [-0.05, 0) is 36.4 Å². The average Bonchev–Trinajstić information content (AvgIpc) is 2.75. The lowest BCUT2D eigenvalue weighted by molar-refractivity contribution is 0.367. The van der Waals surface area contributed by atoms with Crippen LogP contribution in [-0.4, -0.2) is 25.5 Å². The van der Waals surface area contributed by atoms with E-state index in [1.807, 2.05) is 0 Å². The number of hydrogen-bond donors (Lipinski definition) is 2. The first kappa shape index (κ1) is 21.1. The summed E-state index contributed by atoms with van der Waals surface area (Å²) in [6, 6.07) is 19.8. The second kappa shape index (κ2) is 9.71. The van der Waals surface area contributed by atoms with Crippen molar-refractivity contribution in [2.24, 2.45) is 5.10 Å². The van der Waals surface area contributed by atoms with E-state index in [1.54, 1.807) is 66.7 Å². The minimum atomic E-state index is -4.02. The molecule has 8 nitrogen and oxygen atoms in total. The standard InChI is InChI=1S/C21H21N2O6P/c1-26-17-8-5-10-19(13-17)28-30(25,29-20-11-6-9-18(14-20)27-2)23-22-15-16-7-3-4-12-21(16)24/h3-15,24H,1-2H3,(H,23,25)/b22-15-. The van der Waals surface area contributed by atoms with E-state index in [-0.39, 0.29) is 17.2 Å². The van der Waals surface area contributed by atoms with Crippen LogP contribution in [0.4, 0.5) is 0 Å². The van der Waals surface area contributed by atoms with Gasteiger partial charge < -0.3 is 23.6 Å². The molecule has 30 heavy (non-hydrogen) atoms. The molecule has 0 atom stereocenters. The van der Waals surface area contributed by atoms with E-state index >= 15 is 0 Å². The van der Waals surface area contributed by atoms with Crippen LogP contribution >= 0.6 is 7.75 Å². The second-order valence-electron chi connectivity index (χ2n) is 5.96. The van der Waals surface area contributed by atoms with Gasteiger partial charge in [-0.15, -0.1) is 0 Å². The van der Waals surface area contributed by atoms with Crippen LogP contribution in [0.3, 0.4) is 0 Å². The number of methoxy groups -OCH3 is 2. The van der Waals surface area contributed by atoms with Crippen LogP contribution in [0.25, 0.3) is 0 Å². The molecule has 156 valence electrons. The number of rotatable bonds is 9. The monoisotopic (exact) mass is 428 g/mol. The molecule has 0 spiro atoms. The third-order valence-corrected chi connectivity index (χ3v) is 5.12. The molecule has 0 aromatic heterocycles. The highest BCUT2D eigenvalue weighted by Crippen LogP contribution is 2.45. The molecule has 0 fully saturated rings. The molecular weight excluding hydrogens is 407 g/mol. The van der Waals surface area contributed by atoms with E-state index in [0.717, 1.165) is 0 Å². The number of benzene rings is 3. The normalized spacial score (nSPS) is 11.1. The maximum absolute atomic E-state index is 13.4. The summed E-state index contributed by atoms with van der Waals surface area (Å²) >= 11 is 0. The number of hydrazone groups is 1. The van der Waals surface area contributed by atoms with Crippen molar-refractivity contribution in [3.8, 4) is 28.7 Å². The molecule has 0 heterocycles. The zero-order valence-corrected chi connectivity index (χ0v) is 17.3. The van der Waals surface area contributed by atoms with E-state index in [1.165, 1.54) is 26.5 Å². The maximum atomic E-state index is 13.4. The second-order valence-corrected chi connectivity index (χ2v) is 7.52. The summed E-state index contributed by atoms with van der Waals surface area (Å²) in [7, 11) is -0.988. The zero-order chi connectivity index (χ0) is 21.4.